The molecule has 2 aromatic heterocycles. The van der Waals surface area contributed by atoms with Crippen molar-refractivity contribution < 1.29 is 9.21 Å². The highest BCUT2D eigenvalue weighted by atomic mass is 16.3. The van der Waals surface area contributed by atoms with Crippen LogP contribution in [0, 0.1) is 6.92 Å². The number of aromatic nitrogens is 3. The molecule has 1 N–H and O–H groups in total. The molecule has 4 aromatic rings. The van der Waals surface area contributed by atoms with Crippen molar-refractivity contribution in [2.45, 2.75) is 26.4 Å². The van der Waals surface area contributed by atoms with Crippen molar-refractivity contribution in [3.8, 4) is 0 Å². The quantitative estimate of drug-likeness (QED) is 0.586. The van der Waals surface area contributed by atoms with E-state index in [0.717, 1.165) is 27.9 Å². The van der Waals surface area contributed by atoms with Gasteiger partial charge >= 0.3 is 0 Å². The minimum absolute atomic E-state index is 0.130. The van der Waals surface area contributed by atoms with E-state index in [-0.39, 0.29) is 11.9 Å². The van der Waals surface area contributed by atoms with Crippen LogP contribution in [-0.2, 0) is 6.54 Å². The summed E-state index contributed by atoms with van der Waals surface area (Å²) < 4.78 is 7.68. The molecule has 0 aliphatic carbocycles. The molecule has 6 heteroatoms. The number of amides is 1. The number of nitrogens with zero attached hydrogens (tertiary/aromatic N) is 3. The predicted molar refractivity (Wildman–Crippen MR) is 102 cm³/mol. The lowest BCUT2D eigenvalue weighted by Crippen LogP contribution is -2.26. The highest BCUT2D eigenvalue weighted by molar-refractivity contribution is 5.94. The van der Waals surface area contributed by atoms with Gasteiger partial charge in [0.25, 0.3) is 5.91 Å². The first-order valence-electron chi connectivity index (χ1n) is 8.82. The molecule has 0 aliphatic heterocycles. The molecular weight excluding hydrogens is 340 g/mol. The zero-order valence-electron chi connectivity index (χ0n) is 15.2. The molecule has 4 rings (SSSR count). The number of furan rings is 1. The summed E-state index contributed by atoms with van der Waals surface area (Å²) in [6.07, 6.45) is 3.17. The second-order valence-corrected chi connectivity index (χ2v) is 6.57. The standard InChI is InChI=1S/C21H20N4O2/c1-14-18-5-3-4-6-19(18)27-20(14)15(2)24-21(26)17-9-7-16(8-10-17)11-25-13-22-12-23-25/h3-10,12-13,15H,11H2,1-2H3,(H,24,26). The molecule has 1 atom stereocenters. The number of benzene rings is 2. The van der Waals surface area contributed by atoms with E-state index in [1.54, 1.807) is 11.0 Å². The van der Waals surface area contributed by atoms with Crippen LogP contribution in [0.5, 0.6) is 0 Å². The summed E-state index contributed by atoms with van der Waals surface area (Å²) in [5.74, 6) is 0.655. The number of carbonyl (C=O) groups excluding carboxylic acids is 1. The van der Waals surface area contributed by atoms with Gasteiger partial charge in [0.1, 0.15) is 24.0 Å². The zero-order valence-corrected chi connectivity index (χ0v) is 15.2. The van der Waals surface area contributed by atoms with Crippen molar-refractivity contribution in [1.82, 2.24) is 20.1 Å². The SMILES string of the molecule is Cc1c(C(C)NC(=O)c2ccc(Cn3cncn3)cc2)oc2ccccc12. The highest BCUT2D eigenvalue weighted by Crippen LogP contribution is 2.29. The number of para-hydroxylation sites is 1. The largest absolute Gasteiger partial charge is 0.459 e. The summed E-state index contributed by atoms with van der Waals surface area (Å²) >= 11 is 0. The minimum Gasteiger partial charge on any atom is -0.459 e. The average Bonchev–Trinajstić information content (AvgIpc) is 3.30. The molecule has 1 unspecified atom stereocenters. The summed E-state index contributed by atoms with van der Waals surface area (Å²) in [5.41, 5.74) is 3.56. The second kappa shape index (κ2) is 7.07. The van der Waals surface area contributed by atoms with E-state index in [0.29, 0.717) is 12.1 Å². The van der Waals surface area contributed by atoms with Gasteiger partial charge < -0.3 is 9.73 Å². The fourth-order valence-corrected chi connectivity index (χ4v) is 3.21. The molecule has 0 saturated carbocycles. The molecule has 2 aromatic carbocycles. The van der Waals surface area contributed by atoms with Gasteiger partial charge in [0, 0.05) is 16.5 Å². The molecule has 0 spiro atoms. The maximum atomic E-state index is 12.6. The maximum absolute atomic E-state index is 12.6. The lowest BCUT2D eigenvalue weighted by atomic mass is 10.1. The third kappa shape index (κ3) is 3.46. The first kappa shape index (κ1) is 17.0. The van der Waals surface area contributed by atoms with Crippen LogP contribution in [0.1, 0.15) is 40.2 Å². The van der Waals surface area contributed by atoms with Crippen LogP contribution in [0.25, 0.3) is 11.0 Å². The van der Waals surface area contributed by atoms with E-state index in [2.05, 4.69) is 15.4 Å². The van der Waals surface area contributed by atoms with Crippen LogP contribution in [0.2, 0.25) is 0 Å². The van der Waals surface area contributed by atoms with Crippen LogP contribution >= 0.6 is 0 Å². The number of carbonyl (C=O) groups is 1. The number of nitrogens with one attached hydrogen (secondary N) is 1. The normalized spacial score (nSPS) is 12.2. The van der Waals surface area contributed by atoms with Crippen molar-refractivity contribution >= 4 is 16.9 Å². The van der Waals surface area contributed by atoms with Gasteiger partial charge in [-0.2, -0.15) is 5.10 Å². The molecule has 0 fully saturated rings. The van der Waals surface area contributed by atoms with Crippen LogP contribution in [0.15, 0.2) is 65.6 Å². The van der Waals surface area contributed by atoms with Gasteiger partial charge in [-0.3, -0.25) is 4.79 Å². The minimum atomic E-state index is -0.222. The predicted octanol–water partition coefficient (Wildman–Crippen LogP) is 3.87. The Morgan fingerprint density at radius 3 is 2.67 bits per heavy atom. The van der Waals surface area contributed by atoms with Crippen molar-refractivity contribution in [3.05, 3.63) is 83.6 Å². The Bertz CT molecular complexity index is 1070. The molecule has 27 heavy (non-hydrogen) atoms. The third-order valence-electron chi connectivity index (χ3n) is 4.65. The maximum Gasteiger partial charge on any atom is 0.251 e. The Morgan fingerprint density at radius 1 is 1.19 bits per heavy atom. The average molecular weight is 360 g/mol. The molecule has 6 nitrogen and oxygen atoms in total. The van der Waals surface area contributed by atoms with Gasteiger partial charge in [0.2, 0.25) is 0 Å². The number of aryl methyl sites for hydroxylation is 1. The van der Waals surface area contributed by atoms with E-state index >= 15 is 0 Å². The van der Waals surface area contributed by atoms with Crippen LogP contribution in [0.4, 0.5) is 0 Å². The summed E-state index contributed by atoms with van der Waals surface area (Å²) in [7, 11) is 0. The van der Waals surface area contributed by atoms with Crippen molar-refractivity contribution in [1.29, 1.82) is 0 Å². The van der Waals surface area contributed by atoms with Crippen LogP contribution < -0.4 is 5.32 Å². The Morgan fingerprint density at radius 2 is 1.96 bits per heavy atom. The molecule has 1 amide bonds. The zero-order chi connectivity index (χ0) is 18.8. The summed E-state index contributed by atoms with van der Waals surface area (Å²) in [6, 6.07) is 15.2. The number of hydrogen-bond donors (Lipinski definition) is 1. The van der Waals surface area contributed by atoms with Gasteiger partial charge in [0.15, 0.2) is 0 Å². The lowest BCUT2D eigenvalue weighted by molar-refractivity contribution is 0.0935. The van der Waals surface area contributed by atoms with E-state index in [1.807, 2.05) is 62.4 Å². The topological polar surface area (TPSA) is 73.0 Å². The Hall–Kier alpha value is -3.41. The van der Waals surface area contributed by atoms with Crippen LogP contribution in [0.3, 0.4) is 0 Å². The van der Waals surface area contributed by atoms with Crippen LogP contribution in [-0.4, -0.2) is 20.7 Å². The molecule has 0 bridgehead atoms. The van der Waals surface area contributed by atoms with Crippen molar-refractivity contribution in [2.24, 2.45) is 0 Å². The third-order valence-corrected chi connectivity index (χ3v) is 4.65. The highest BCUT2D eigenvalue weighted by Gasteiger charge is 2.18. The summed E-state index contributed by atoms with van der Waals surface area (Å²) in [4.78, 5) is 16.5. The fraction of sp³-hybridized carbons (Fsp3) is 0.190. The number of fused-ring (bicyclic) bond motifs is 1. The van der Waals surface area contributed by atoms with Gasteiger partial charge in [-0.05, 0) is 37.6 Å². The lowest BCUT2D eigenvalue weighted by Gasteiger charge is -2.13. The molecule has 0 saturated heterocycles. The van der Waals surface area contributed by atoms with Gasteiger partial charge in [-0.1, -0.05) is 30.3 Å². The summed E-state index contributed by atoms with van der Waals surface area (Å²) in [6.45, 7) is 4.57. The molecule has 0 radical (unpaired) electrons. The number of hydrogen-bond acceptors (Lipinski definition) is 4. The smallest absolute Gasteiger partial charge is 0.251 e. The molecule has 2 heterocycles. The number of rotatable bonds is 5. The van der Waals surface area contributed by atoms with Crippen molar-refractivity contribution in [3.63, 3.8) is 0 Å². The first-order valence-corrected chi connectivity index (χ1v) is 8.82. The molecule has 136 valence electrons. The fourth-order valence-electron chi connectivity index (χ4n) is 3.21. The molecule has 0 aliphatic rings. The monoisotopic (exact) mass is 360 g/mol. The Kier molecular flexibility index (Phi) is 4.46. The van der Waals surface area contributed by atoms with E-state index in [9.17, 15) is 4.79 Å². The first-order chi connectivity index (χ1) is 13.1. The Labute approximate surface area is 156 Å². The molecular formula is C21H20N4O2. The van der Waals surface area contributed by atoms with E-state index in [1.165, 1.54) is 6.33 Å². The van der Waals surface area contributed by atoms with Gasteiger partial charge in [0.05, 0.1) is 12.6 Å². The van der Waals surface area contributed by atoms with Crippen molar-refractivity contribution in [2.75, 3.05) is 0 Å². The van der Waals surface area contributed by atoms with E-state index in [4.69, 9.17) is 4.42 Å². The van der Waals surface area contributed by atoms with E-state index < -0.39 is 0 Å². The summed E-state index contributed by atoms with van der Waals surface area (Å²) in [5, 5.41) is 8.18. The van der Waals surface area contributed by atoms with Gasteiger partial charge in [-0.15, -0.1) is 0 Å². The second-order valence-electron chi connectivity index (χ2n) is 6.57. The Balaban J connectivity index is 1.47. The van der Waals surface area contributed by atoms with Gasteiger partial charge in [-0.25, -0.2) is 9.67 Å².